The molecule has 4 aromatic rings. The number of hydrogen-bond acceptors (Lipinski definition) is 8. The number of rotatable bonds is 5. The van der Waals surface area contributed by atoms with E-state index in [9.17, 15) is 4.79 Å². The average Bonchev–Trinajstić information content (AvgIpc) is 3.67. The predicted octanol–water partition coefficient (Wildman–Crippen LogP) is 5.08. The highest BCUT2D eigenvalue weighted by molar-refractivity contribution is 5.94. The summed E-state index contributed by atoms with van der Waals surface area (Å²) in [5, 5.41) is 11.2. The highest BCUT2D eigenvalue weighted by Gasteiger charge is 2.42. The number of carbonyl (C=O) groups excluding carboxylic acids is 1. The SMILES string of the molecule is CC(C)(C)OC(=O)n1c(CN2CCC3(CCC3)C2)cc2ccc(CN3C=C(c4cc(N)cc5[nH]ncc45)NN3)cc21. The molecule has 2 aromatic carbocycles. The first-order valence-corrected chi connectivity index (χ1v) is 14.5. The number of hydrazine groups is 2. The number of nitrogen functional groups attached to an aromatic ring is 1. The van der Waals surface area contributed by atoms with Crippen molar-refractivity contribution in [2.75, 3.05) is 18.8 Å². The lowest BCUT2D eigenvalue weighted by Gasteiger charge is -2.38. The number of likely N-dealkylation sites (tertiary alicyclic amines) is 1. The lowest BCUT2D eigenvalue weighted by atomic mass is 9.68. The Bertz CT molecular complexity index is 1670. The molecule has 5 N–H and O–H groups in total. The molecule has 10 nitrogen and oxygen atoms in total. The van der Waals surface area contributed by atoms with Gasteiger partial charge >= 0.3 is 6.09 Å². The van der Waals surface area contributed by atoms with Crippen molar-refractivity contribution in [2.24, 2.45) is 5.41 Å². The number of benzene rings is 2. The minimum atomic E-state index is -0.584. The Labute approximate surface area is 239 Å². The van der Waals surface area contributed by atoms with Crippen molar-refractivity contribution < 1.29 is 9.53 Å². The Hall–Kier alpha value is -4.02. The van der Waals surface area contributed by atoms with Crippen LogP contribution in [0.4, 0.5) is 10.5 Å². The summed E-state index contributed by atoms with van der Waals surface area (Å²) < 4.78 is 7.68. The van der Waals surface area contributed by atoms with Gasteiger partial charge in [0.1, 0.15) is 5.60 Å². The van der Waals surface area contributed by atoms with Crippen molar-refractivity contribution in [3.05, 3.63) is 65.6 Å². The molecule has 1 saturated carbocycles. The summed E-state index contributed by atoms with van der Waals surface area (Å²) in [6.07, 6.45) is 8.78. The number of aromatic nitrogens is 3. The lowest BCUT2D eigenvalue weighted by molar-refractivity contribution is 0.0536. The molecular formula is C31H38N8O2. The standard InChI is InChI=1S/C31H38N8O2/c1-30(2,3)41-29(40)39-23(17-37-10-9-31(19-37)7-4-8-31)12-21-6-5-20(11-28(21)39)16-38-18-27(35-36-38)24-13-22(32)14-26-25(24)15-33-34-26/h5-6,11-15,18,35-36H,4,7-10,16-17,19,32H2,1-3H3,(H,33,34). The van der Waals surface area contributed by atoms with E-state index in [4.69, 9.17) is 10.5 Å². The molecule has 1 saturated heterocycles. The molecule has 214 valence electrons. The molecule has 2 aromatic heterocycles. The summed E-state index contributed by atoms with van der Waals surface area (Å²) >= 11 is 0. The Morgan fingerprint density at radius 1 is 1.12 bits per heavy atom. The number of H-pyrrole nitrogens is 1. The van der Waals surface area contributed by atoms with Gasteiger partial charge < -0.3 is 15.9 Å². The summed E-state index contributed by atoms with van der Waals surface area (Å²) in [6.45, 7) is 9.28. The van der Waals surface area contributed by atoms with Gasteiger partial charge in [-0.3, -0.25) is 15.0 Å². The number of fused-ring (bicyclic) bond motifs is 2. The summed E-state index contributed by atoms with van der Waals surface area (Å²) in [4.78, 5) is 16.1. The highest BCUT2D eigenvalue weighted by Crippen LogP contribution is 2.48. The Morgan fingerprint density at radius 2 is 1.98 bits per heavy atom. The van der Waals surface area contributed by atoms with E-state index in [0.717, 1.165) is 64.0 Å². The lowest BCUT2D eigenvalue weighted by Crippen LogP contribution is -2.35. The third kappa shape index (κ3) is 4.91. The van der Waals surface area contributed by atoms with Crippen molar-refractivity contribution in [1.29, 1.82) is 0 Å². The fraction of sp³-hybridized carbons (Fsp3) is 0.419. The zero-order valence-corrected chi connectivity index (χ0v) is 24.0. The maximum atomic E-state index is 13.6. The monoisotopic (exact) mass is 554 g/mol. The molecule has 3 aliphatic rings. The molecule has 0 bridgehead atoms. The number of hydrogen-bond donors (Lipinski definition) is 4. The van der Waals surface area contributed by atoms with Crippen molar-refractivity contribution in [1.82, 2.24) is 35.6 Å². The summed E-state index contributed by atoms with van der Waals surface area (Å²) in [5.41, 5.74) is 18.9. The number of nitrogens with two attached hydrogens (primary N) is 1. The first kappa shape index (κ1) is 25.9. The van der Waals surface area contributed by atoms with Crippen molar-refractivity contribution in [2.45, 2.75) is 65.1 Å². The van der Waals surface area contributed by atoms with E-state index in [1.54, 1.807) is 10.8 Å². The first-order valence-electron chi connectivity index (χ1n) is 14.5. The summed E-state index contributed by atoms with van der Waals surface area (Å²) in [6, 6.07) is 12.3. The van der Waals surface area contributed by atoms with Crippen LogP contribution >= 0.6 is 0 Å². The highest BCUT2D eigenvalue weighted by atomic mass is 16.6. The van der Waals surface area contributed by atoms with E-state index in [-0.39, 0.29) is 6.09 Å². The van der Waals surface area contributed by atoms with Gasteiger partial charge in [0.15, 0.2) is 0 Å². The normalized spacial score (nSPS) is 18.7. The number of nitrogens with zero attached hydrogens (tertiary/aromatic N) is 4. The van der Waals surface area contributed by atoms with Gasteiger partial charge in [0, 0.05) is 47.0 Å². The van der Waals surface area contributed by atoms with Crippen molar-refractivity contribution in [3.63, 3.8) is 0 Å². The van der Waals surface area contributed by atoms with Gasteiger partial charge in [0.25, 0.3) is 0 Å². The van der Waals surface area contributed by atoms with Crippen LogP contribution in [0.15, 0.2) is 48.8 Å². The van der Waals surface area contributed by atoms with Crippen LogP contribution in [0.5, 0.6) is 0 Å². The second kappa shape index (κ2) is 9.53. The topological polar surface area (TPSA) is 116 Å². The van der Waals surface area contributed by atoms with Gasteiger partial charge in [-0.1, -0.05) is 18.6 Å². The summed E-state index contributed by atoms with van der Waals surface area (Å²) in [5.74, 6) is 0. The molecular weight excluding hydrogens is 516 g/mol. The van der Waals surface area contributed by atoms with E-state index in [1.165, 1.54) is 25.7 Å². The minimum Gasteiger partial charge on any atom is -0.443 e. The number of anilines is 1. The van der Waals surface area contributed by atoms with Crippen molar-refractivity contribution in [3.8, 4) is 0 Å². The van der Waals surface area contributed by atoms with Crippen LogP contribution in [0.2, 0.25) is 0 Å². The van der Waals surface area contributed by atoms with Crippen LogP contribution in [0.3, 0.4) is 0 Å². The molecule has 0 radical (unpaired) electrons. The molecule has 1 aliphatic carbocycles. The third-order valence-corrected chi connectivity index (χ3v) is 8.68. The molecule has 0 amide bonds. The molecule has 2 aliphatic heterocycles. The first-order chi connectivity index (χ1) is 19.6. The maximum absolute atomic E-state index is 13.6. The zero-order chi connectivity index (χ0) is 28.4. The van der Waals surface area contributed by atoms with Crippen molar-refractivity contribution >= 4 is 39.3 Å². The summed E-state index contributed by atoms with van der Waals surface area (Å²) in [7, 11) is 0. The van der Waals surface area contributed by atoms with Crippen LogP contribution in [0, 0.1) is 5.41 Å². The second-order valence-electron chi connectivity index (χ2n) is 13.0. The van der Waals surface area contributed by atoms with E-state index in [0.29, 0.717) is 17.6 Å². The van der Waals surface area contributed by atoms with Gasteiger partial charge in [0.2, 0.25) is 0 Å². The molecule has 7 rings (SSSR count). The van der Waals surface area contributed by atoms with E-state index in [1.807, 2.05) is 44.1 Å². The molecule has 4 heterocycles. The second-order valence-corrected chi connectivity index (χ2v) is 13.0. The molecule has 0 unspecified atom stereocenters. The average molecular weight is 555 g/mol. The quantitative estimate of drug-likeness (QED) is 0.252. The fourth-order valence-electron chi connectivity index (χ4n) is 6.59. The number of carbonyl (C=O) groups is 1. The van der Waals surface area contributed by atoms with Crippen LogP contribution in [0.1, 0.15) is 63.3 Å². The van der Waals surface area contributed by atoms with E-state index in [2.05, 4.69) is 50.3 Å². The van der Waals surface area contributed by atoms with E-state index < -0.39 is 5.60 Å². The van der Waals surface area contributed by atoms with Gasteiger partial charge in [-0.05, 0) is 81.8 Å². The van der Waals surface area contributed by atoms with Crippen LogP contribution in [0.25, 0.3) is 27.5 Å². The predicted molar refractivity (Wildman–Crippen MR) is 160 cm³/mol. The van der Waals surface area contributed by atoms with Gasteiger partial charge in [0.05, 0.1) is 29.5 Å². The molecule has 0 atom stereocenters. The number of nitrogens with one attached hydrogen (secondary N) is 3. The third-order valence-electron chi connectivity index (χ3n) is 8.68. The van der Waals surface area contributed by atoms with Crippen LogP contribution in [-0.2, 0) is 17.8 Å². The van der Waals surface area contributed by atoms with Gasteiger partial charge in [-0.2, -0.15) is 5.10 Å². The van der Waals surface area contributed by atoms with Gasteiger partial charge in [-0.15, -0.1) is 5.53 Å². The molecule has 41 heavy (non-hydrogen) atoms. The molecule has 10 heteroatoms. The van der Waals surface area contributed by atoms with Gasteiger partial charge in [-0.25, -0.2) is 9.36 Å². The molecule has 2 fully saturated rings. The smallest absolute Gasteiger partial charge is 0.419 e. The van der Waals surface area contributed by atoms with Crippen LogP contribution in [-0.4, -0.2) is 49.5 Å². The van der Waals surface area contributed by atoms with E-state index >= 15 is 0 Å². The minimum absolute atomic E-state index is 0.328. The zero-order valence-electron chi connectivity index (χ0n) is 24.0. The fourth-order valence-corrected chi connectivity index (χ4v) is 6.59. The largest absolute Gasteiger partial charge is 0.443 e. The Balaban J connectivity index is 1.17. The number of ether oxygens (including phenoxy) is 1. The van der Waals surface area contributed by atoms with Crippen LogP contribution < -0.4 is 16.7 Å². The Morgan fingerprint density at radius 3 is 2.73 bits per heavy atom. The maximum Gasteiger partial charge on any atom is 0.419 e. The Kier molecular flexibility index (Phi) is 6.02. The molecule has 1 spiro atoms. The number of aromatic amines is 1.